The number of nitrogens with one attached hydrogen (secondary N) is 2. The van der Waals surface area contributed by atoms with E-state index < -0.39 is 6.04 Å². The Kier molecular flexibility index (Phi) is 5.16. The lowest BCUT2D eigenvalue weighted by molar-refractivity contribution is -0.121. The molecule has 0 fully saturated rings. The molecule has 0 bridgehead atoms. The molecule has 4 rings (SSSR count). The minimum Gasteiger partial charge on any atom is -0.359 e. The SMILES string of the molecule is O=C(CC[C@@H]1Nc2c3ccccc3nc(=S)n2C1=O)NCCc1ccccc1. The standard InChI is InChI=1S/C21H20N4O2S/c26-18(22-13-12-14-6-2-1-3-7-14)11-10-17-20(27)25-19(23-17)15-8-4-5-9-16(15)24-21(25)28/h1-9,17,23H,10-13H2,(H,22,26)/t17-/m0/s1. The molecular formula is C21H20N4O2S. The Balaban J connectivity index is 1.36. The van der Waals surface area contributed by atoms with Crippen molar-refractivity contribution < 1.29 is 9.59 Å². The molecule has 2 aromatic carbocycles. The molecule has 0 aliphatic carbocycles. The predicted molar refractivity (Wildman–Crippen MR) is 111 cm³/mol. The summed E-state index contributed by atoms with van der Waals surface area (Å²) >= 11 is 5.29. The van der Waals surface area contributed by atoms with Gasteiger partial charge in [0.15, 0.2) is 0 Å². The Morgan fingerprint density at radius 3 is 2.71 bits per heavy atom. The van der Waals surface area contributed by atoms with Gasteiger partial charge in [-0.15, -0.1) is 0 Å². The van der Waals surface area contributed by atoms with Crippen LogP contribution in [0.5, 0.6) is 0 Å². The zero-order valence-corrected chi connectivity index (χ0v) is 16.0. The van der Waals surface area contributed by atoms with Gasteiger partial charge in [0, 0.05) is 18.4 Å². The van der Waals surface area contributed by atoms with Crippen molar-refractivity contribution in [2.45, 2.75) is 25.3 Å². The van der Waals surface area contributed by atoms with Gasteiger partial charge >= 0.3 is 0 Å². The Hall–Kier alpha value is -3.06. The summed E-state index contributed by atoms with van der Waals surface area (Å²) in [6.07, 6.45) is 1.46. The van der Waals surface area contributed by atoms with Crippen LogP contribution in [0.15, 0.2) is 54.6 Å². The maximum Gasteiger partial charge on any atom is 0.257 e. The van der Waals surface area contributed by atoms with Crippen LogP contribution in [-0.2, 0) is 11.2 Å². The van der Waals surface area contributed by atoms with Crippen LogP contribution in [0.25, 0.3) is 10.9 Å². The summed E-state index contributed by atoms with van der Waals surface area (Å²) in [6.45, 7) is 0.578. The highest BCUT2D eigenvalue weighted by Gasteiger charge is 2.31. The molecule has 28 heavy (non-hydrogen) atoms. The Labute approximate surface area is 167 Å². The van der Waals surface area contributed by atoms with E-state index in [0.717, 1.165) is 17.3 Å². The summed E-state index contributed by atoms with van der Waals surface area (Å²) in [4.78, 5) is 29.2. The second kappa shape index (κ2) is 7.90. The molecule has 0 radical (unpaired) electrons. The van der Waals surface area contributed by atoms with Crippen molar-refractivity contribution >= 4 is 40.8 Å². The molecule has 1 aliphatic heterocycles. The van der Waals surface area contributed by atoms with Crippen LogP contribution in [0.3, 0.4) is 0 Å². The Bertz CT molecular complexity index is 1090. The number of carbonyl (C=O) groups excluding carboxylic acids is 2. The van der Waals surface area contributed by atoms with Crippen LogP contribution in [0.1, 0.15) is 23.2 Å². The first-order chi connectivity index (χ1) is 13.6. The smallest absolute Gasteiger partial charge is 0.257 e. The van der Waals surface area contributed by atoms with E-state index in [1.807, 2.05) is 54.6 Å². The number of anilines is 1. The monoisotopic (exact) mass is 392 g/mol. The number of hydrogen-bond acceptors (Lipinski definition) is 5. The zero-order valence-electron chi connectivity index (χ0n) is 15.2. The van der Waals surface area contributed by atoms with Gasteiger partial charge in [0.2, 0.25) is 10.7 Å². The minimum absolute atomic E-state index is 0.0620. The molecule has 2 N–H and O–H groups in total. The Morgan fingerprint density at radius 1 is 1.14 bits per heavy atom. The van der Waals surface area contributed by atoms with Crippen LogP contribution < -0.4 is 10.6 Å². The van der Waals surface area contributed by atoms with Gasteiger partial charge in [-0.1, -0.05) is 42.5 Å². The molecule has 0 saturated heterocycles. The average Bonchev–Trinajstić information content (AvgIpc) is 3.05. The molecule has 0 spiro atoms. The van der Waals surface area contributed by atoms with Crippen molar-refractivity contribution in [1.82, 2.24) is 14.9 Å². The maximum atomic E-state index is 12.7. The fourth-order valence-electron chi connectivity index (χ4n) is 3.42. The number of fused-ring (bicyclic) bond motifs is 3. The van der Waals surface area contributed by atoms with E-state index in [9.17, 15) is 9.59 Å². The van der Waals surface area contributed by atoms with Gasteiger partial charge < -0.3 is 10.6 Å². The van der Waals surface area contributed by atoms with E-state index in [2.05, 4.69) is 15.6 Å². The number of hydrogen-bond donors (Lipinski definition) is 2. The number of aromatic nitrogens is 2. The molecule has 1 aliphatic rings. The van der Waals surface area contributed by atoms with Gasteiger partial charge in [0.25, 0.3) is 5.91 Å². The van der Waals surface area contributed by atoms with E-state index in [-0.39, 0.29) is 23.0 Å². The van der Waals surface area contributed by atoms with Gasteiger partial charge in [-0.2, -0.15) is 0 Å². The van der Waals surface area contributed by atoms with E-state index in [0.29, 0.717) is 18.8 Å². The van der Waals surface area contributed by atoms with Gasteiger partial charge in [-0.05, 0) is 42.8 Å². The van der Waals surface area contributed by atoms with Crippen LogP contribution >= 0.6 is 12.2 Å². The highest BCUT2D eigenvalue weighted by atomic mass is 32.1. The molecule has 1 amide bonds. The lowest BCUT2D eigenvalue weighted by Crippen LogP contribution is -2.30. The third kappa shape index (κ3) is 3.66. The lowest BCUT2D eigenvalue weighted by atomic mass is 10.1. The minimum atomic E-state index is -0.478. The molecule has 142 valence electrons. The van der Waals surface area contributed by atoms with Crippen molar-refractivity contribution in [3.8, 4) is 0 Å². The van der Waals surface area contributed by atoms with Crippen LogP contribution in [0.2, 0.25) is 0 Å². The molecule has 0 unspecified atom stereocenters. The third-order valence-corrected chi connectivity index (χ3v) is 5.13. The van der Waals surface area contributed by atoms with Crippen molar-refractivity contribution in [2.24, 2.45) is 0 Å². The molecule has 3 aromatic rings. The van der Waals surface area contributed by atoms with Gasteiger partial charge in [-0.3, -0.25) is 9.59 Å². The van der Waals surface area contributed by atoms with Crippen molar-refractivity contribution in [2.75, 3.05) is 11.9 Å². The quantitative estimate of drug-likeness (QED) is 0.629. The van der Waals surface area contributed by atoms with E-state index >= 15 is 0 Å². The summed E-state index contributed by atoms with van der Waals surface area (Å²) in [5.41, 5.74) is 1.93. The second-order valence-corrected chi connectivity index (χ2v) is 7.12. The van der Waals surface area contributed by atoms with E-state index in [1.165, 1.54) is 10.1 Å². The Morgan fingerprint density at radius 2 is 1.89 bits per heavy atom. The summed E-state index contributed by atoms with van der Waals surface area (Å²) in [7, 11) is 0. The third-order valence-electron chi connectivity index (χ3n) is 4.86. The molecule has 0 saturated carbocycles. The molecule has 7 heteroatoms. The largest absolute Gasteiger partial charge is 0.359 e. The lowest BCUT2D eigenvalue weighted by Gasteiger charge is -2.09. The van der Waals surface area contributed by atoms with Crippen molar-refractivity contribution in [3.63, 3.8) is 0 Å². The molecule has 2 heterocycles. The van der Waals surface area contributed by atoms with Crippen LogP contribution in [-0.4, -0.2) is 34.0 Å². The average molecular weight is 392 g/mol. The highest BCUT2D eigenvalue weighted by molar-refractivity contribution is 7.71. The number of rotatable bonds is 6. The highest BCUT2D eigenvalue weighted by Crippen LogP contribution is 2.28. The molecule has 6 nitrogen and oxygen atoms in total. The second-order valence-electron chi connectivity index (χ2n) is 6.75. The number of carbonyl (C=O) groups is 2. The van der Waals surface area contributed by atoms with Gasteiger partial charge in [-0.25, -0.2) is 9.55 Å². The molecular weight excluding hydrogens is 372 g/mol. The van der Waals surface area contributed by atoms with Gasteiger partial charge in [0.1, 0.15) is 11.9 Å². The van der Waals surface area contributed by atoms with Crippen LogP contribution in [0.4, 0.5) is 5.82 Å². The zero-order chi connectivity index (χ0) is 19.5. The molecule has 1 atom stereocenters. The maximum absolute atomic E-state index is 12.7. The summed E-state index contributed by atoms with van der Waals surface area (Å²) in [5.74, 6) is 0.443. The van der Waals surface area contributed by atoms with E-state index in [4.69, 9.17) is 12.2 Å². The predicted octanol–water partition coefficient (Wildman–Crippen LogP) is 3.34. The first-order valence-electron chi connectivity index (χ1n) is 9.26. The number of benzene rings is 2. The fourth-order valence-corrected chi connectivity index (χ4v) is 3.70. The first kappa shape index (κ1) is 18.3. The fraction of sp³-hybridized carbons (Fsp3) is 0.238. The van der Waals surface area contributed by atoms with Crippen molar-refractivity contribution in [3.05, 3.63) is 64.9 Å². The van der Waals surface area contributed by atoms with Crippen molar-refractivity contribution in [1.29, 1.82) is 0 Å². The van der Waals surface area contributed by atoms with E-state index in [1.54, 1.807) is 0 Å². The summed E-state index contributed by atoms with van der Waals surface area (Å²) < 4.78 is 1.68. The number of para-hydroxylation sites is 1. The first-order valence-corrected chi connectivity index (χ1v) is 9.67. The summed E-state index contributed by atoms with van der Waals surface area (Å²) in [6, 6.07) is 17.1. The summed E-state index contributed by atoms with van der Waals surface area (Å²) in [5, 5.41) is 6.99. The topological polar surface area (TPSA) is 76.0 Å². The normalized spacial score (nSPS) is 15.3. The number of nitrogens with zero attached hydrogens (tertiary/aromatic N) is 2. The molecule has 1 aromatic heterocycles. The van der Waals surface area contributed by atoms with Gasteiger partial charge in [0.05, 0.1) is 5.52 Å². The number of amides is 1. The van der Waals surface area contributed by atoms with Crippen LogP contribution in [0, 0.1) is 4.77 Å².